The molecule has 0 bridgehead atoms. The third-order valence-electron chi connectivity index (χ3n) is 5.64. The fraction of sp³-hybridized carbons (Fsp3) is 0.650. The van der Waals surface area contributed by atoms with Crippen LogP contribution in [0.15, 0.2) is 23.1 Å². The zero-order chi connectivity index (χ0) is 19.4. The molecule has 1 aromatic rings. The highest BCUT2D eigenvalue weighted by molar-refractivity contribution is 7.89. The monoisotopic (exact) mass is 394 g/mol. The Morgan fingerprint density at radius 3 is 2.59 bits per heavy atom. The molecule has 0 radical (unpaired) electrons. The minimum Gasteiger partial charge on any atom is -0.495 e. The number of piperidine rings is 1. The lowest BCUT2D eigenvalue weighted by molar-refractivity contribution is -0.127. The number of amides is 1. The highest BCUT2D eigenvalue weighted by Gasteiger charge is 2.35. The average molecular weight is 395 g/mol. The van der Waals surface area contributed by atoms with Crippen LogP contribution in [-0.2, 0) is 14.8 Å². The summed E-state index contributed by atoms with van der Waals surface area (Å²) >= 11 is 0. The first-order valence-corrected chi connectivity index (χ1v) is 11.3. The molecule has 1 atom stereocenters. The van der Waals surface area contributed by atoms with Gasteiger partial charge in [-0.25, -0.2) is 8.42 Å². The third-order valence-corrected chi connectivity index (χ3v) is 7.53. The number of rotatable bonds is 5. The largest absolute Gasteiger partial charge is 0.495 e. The number of methoxy groups -OCH3 is 1. The molecule has 6 nitrogen and oxygen atoms in total. The fourth-order valence-electron chi connectivity index (χ4n) is 4.07. The van der Waals surface area contributed by atoms with Crippen LogP contribution in [0.4, 0.5) is 0 Å². The van der Waals surface area contributed by atoms with Gasteiger partial charge in [0.1, 0.15) is 10.6 Å². The smallest absolute Gasteiger partial charge is 0.246 e. The van der Waals surface area contributed by atoms with Crippen molar-refractivity contribution in [1.82, 2.24) is 9.62 Å². The van der Waals surface area contributed by atoms with E-state index < -0.39 is 10.0 Å². The number of carbonyl (C=O) groups is 1. The van der Waals surface area contributed by atoms with E-state index in [1.165, 1.54) is 17.8 Å². The molecule has 1 saturated heterocycles. The summed E-state index contributed by atoms with van der Waals surface area (Å²) in [6, 6.07) is 5.39. The number of sulfonamides is 1. The van der Waals surface area contributed by atoms with Crippen molar-refractivity contribution in [3.8, 4) is 5.75 Å². The quantitative estimate of drug-likeness (QED) is 0.833. The first-order valence-electron chi connectivity index (χ1n) is 9.87. The summed E-state index contributed by atoms with van der Waals surface area (Å²) in [6.45, 7) is 2.53. The summed E-state index contributed by atoms with van der Waals surface area (Å²) in [5.74, 6) is 0.0543. The van der Waals surface area contributed by atoms with Gasteiger partial charge in [-0.15, -0.1) is 0 Å². The number of aryl methyl sites for hydroxylation is 1. The predicted octanol–water partition coefficient (Wildman–Crippen LogP) is 2.85. The fourth-order valence-corrected chi connectivity index (χ4v) is 5.83. The van der Waals surface area contributed by atoms with Crippen molar-refractivity contribution in [2.24, 2.45) is 5.92 Å². The van der Waals surface area contributed by atoms with Crippen molar-refractivity contribution < 1.29 is 17.9 Å². The van der Waals surface area contributed by atoms with Crippen LogP contribution in [0.1, 0.15) is 50.5 Å². The van der Waals surface area contributed by atoms with Crippen LogP contribution in [0.3, 0.4) is 0 Å². The molecule has 1 aliphatic carbocycles. The van der Waals surface area contributed by atoms with Crippen LogP contribution in [0.25, 0.3) is 0 Å². The van der Waals surface area contributed by atoms with E-state index in [0.29, 0.717) is 18.7 Å². The summed E-state index contributed by atoms with van der Waals surface area (Å²) < 4.78 is 33.1. The van der Waals surface area contributed by atoms with E-state index in [4.69, 9.17) is 4.74 Å². The Hall–Kier alpha value is -1.60. The molecule has 1 N–H and O–H groups in total. The van der Waals surface area contributed by atoms with E-state index >= 15 is 0 Å². The average Bonchev–Trinajstić information content (AvgIpc) is 2.69. The van der Waals surface area contributed by atoms with Crippen LogP contribution >= 0.6 is 0 Å². The highest BCUT2D eigenvalue weighted by Crippen LogP contribution is 2.31. The second-order valence-corrected chi connectivity index (χ2v) is 9.61. The maximum atomic E-state index is 13.2. The van der Waals surface area contributed by atoms with Crippen LogP contribution in [-0.4, -0.2) is 44.9 Å². The number of hydrogen-bond donors (Lipinski definition) is 1. The molecule has 7 heteroatoms. The minimum atomic E-state index is -3.70. The van der Waals surface area contributed by atoms with Crippen molar-refractivity contribution in [1.29, 1.82) is 0 Å². The van der Waals surface area contributed by atoms with E-state index in [1.807, 2.05) is 13.0 Å². The van der Waals surface area contributed by atoms with Gasteiger partial charge in [-0.1, -0.05) is 25.3 Å². The Morgan fingerprint density at radius 2 is 1.89 bits per heavy atom. The van der Waals surface area contributed by atoms with Crippen molar-refractivity contribution in [2.45, 2.75) is 62.8 Å². The van der Waals surface area contributed by atoms with Gasteiger partial charge in [-0.2, -0.15) is 4.31 Å². The van der Waals surface area contributed by atoms with Gasteiger partial charge in [0, 0.05) is 19.1 Å². The molecular weight excluding hydrogens is 364 g/mol. The van der Waals surface area contributed by atoms with Gasteiger partial charge < -0.3 is 10.1 Å². The zero-order valence-corrected chi connectivity index (χ0v) is 17.1. The van der Waals surface area contributed by atoms with Gasteiger partial charge in [-0.05, 0) is 50.3 Å². The summed E-state index contributed by atoms with van der Waals surface area (Å²) in [6.07, 6.45) is 7.03. The van der Waals surface area contributed by atoms with E-state index in [0.717, 1.165) is 37.7 Å². The molecule has 0 aromatic heterocycles. The molecule has 1 heterocycles. The van der Waals surface area contributed by atoms with Crippen molar-refractivity contribution in [2.75, 3.05) is 20.2 Å². The molecule has 2 fully saturated rings. The Morgan fingerprint density at radius 1 is 1.15 bits per heavy atom. The number of benzene rings is 1. The lowest BCUT2D eigenvalue weighted by Crippen LogP contribution is -2.47. The van der Waals surface area contributed by atoms with Crippen LogP contribution < -0.4 is 10.1 Å². The van der Waals surface area contributed by atoms with Crippen molar-refractivity contribution >= 4 is 15.9 Å². The Bertz CT molecular complexity index is 772. The van der Waals surface area contributed by atoms with Crippen molar-refractivity contribution in [3.63, 3.8) is 0 Å². The van der Waals surface area contributed by atoms with Crippen LogP contribution in [0, 0.1) is 12.8 Å². The van der Waals surface area contributed by atoms with Gasteiger partial charge in [0.15, 0.2) is 0 Å². The zero-order valence-electron chi connectivity index (χ0n) is 16.2. The summed E-state index contributed by atoms with van der Waals surface area (Å²) in [7, 11) is -2.23. The highest BCUT2D eigenvalue weighted by atomic mass is 32.2. The first kappa shape index (κ1) is 20.1. The van der Waals surface area contributed by atoms with Gasteiger partial charge in [0.05, 0.1) is 13.0 Å². The van der Waals surface area contributed by atoms with Crippen molar-refractivity contribution in [3.05, 3.63) is 23.8 Å². The Balaban J connectivity index is 1.73. The van der Waals surface area contributed by atoms with Gasteiger partial charge in [0.2, 0.25) is 15.9 Å². The Kier molecular flexibility index (Phi) is 6.42. The number of carbonyl (C=O) groups excluding carboxylic acids is 1. The minimum absolute atomic E-state index is 0.00185. The van der Waals surface area contributed by atoms with E-state index in [1.54, 1.807) is 12.1 Å². The molecule has 1 amide bonds. The lowest BCUT2D eigenvalue weighted by Gasteiger charge is -2.33. The second-order valence-electron chi connectivity index (χ2n) is 7.70. The molecule has 1 aromatic carbocycles. The van der Waals surface area contributed by atoms with Gasteiger partial charge in [0.25, 0.3) is 0 Å². The molecule has 1 aliphatic heterocycles. The number of hydrogen-bond acceptors (Lipinski definition) is 4. The number of nitrogens with zero attached hydrogens (tertiary/aromatic N) is 1. The van der Waals surface area contributed by atoms with Crippen LogP contribution in [0.5, 0.6) is 5.75 Å². The maximum Gasteiger partial charge on any atom is 0.246 e. The predicted molar refractivity (Wildman–Crippen MR) is 104 cm³/mol. The molecule has 3 rings (SSSR count). The maximum absolute atomic E-state index is 13.2. The molecule has 150 valence electrons. The second kappa shape index (κ2) is 8.61. The Labute approximate surface area is 162 Å². The van der Waals surface area contributed by atoms with E-state index in [2.05, 4.69) is 5.32 Å². The van der Waals surface area contributed by atoms with Crippen LogP contribution in [0.2, 0.25) is 0 Å². The topological polar surface area (TPSA) is 75.7 Å². The standard InChI is InChI=1S/C20H30N2O4S/c1-15-10-11-18(26-2)19(13-15)27(24,25)22-12-6-7-16(14-22)20(23)21-17-8-4-3-5-9-17/h10-11,13,16-17H,3-9,12,14H2,1-2H3,(H,21,23)/t16-/m0/s1. The van der Waals surface area contributed by atoms with Gasteiger partial charge >= 0.3 is 0 Å². The molecule has 1 saturated carbocycles. The first-order chi connectivity index (χ1) is 12.9. The normalized spacial score (nSPS) is 22.4. The third kappa shape index (κ3) is 4.63. The summed E-state index contributed by atoms with van der Waals surface area (Å²) in [5.41, 5.74) is 0.859. The summed E-state index contributed by atoms with van der Waals surface area (Å²) in [4.78, 5) is 12.9. The number of ether oxygens (including phenoxy) is 1. The van der Waals surface area contributed by atoms with E-state index in [-0.39, 0.29) is 29.3 Å². The summed E-state index contributed by atoms with van der Waals surface area (Å²) in [5, 5.41) is 3.15. The number of nitrogens with one attached hydrogen (secondary N) is 1. The van der Waals surface area contributed by atoms with Gasteiger partial charge in [-0.3, -0.25) is 4.79 Å². The lowest BCUT2D eigenvalue weighted by atomic mass is 9.93. The molecular formula is C20H30N2O4S. The SMILES string of the molecule is COc1ccc(C)cc1S(=O)(=O)N1CCC[C@H](C(=O)NC2CCCCC2)C1. The molecule has 2 aliphatic rings. The molecule has 27 heavy (non-hydrogen) atoms. The van der Waals surface area contributed by atoms with E-state index in [9.17, 15) is 13.2 Å². The molecule has 0 unspecified atom stereocenters. The molecule has 0 spiro atoms.